The number of rotatable bonds is 5. The molecule has 0 aliphatic heterocycles. The Hall–Kier alpha value is -2.49. The second-order valence-electron chi connectivity index (χ2n) is 6.98. The molecule has 6 N–H and O–H groups in total. The zero-order chi connectivity index (χ0) is 26.7. The van der Waals surface area contributed by atoms with Gasteiger partial charge in [-0.15, -0.1) is 0 Å². The number of ether oxygens (including phenoxy) is 1. The highest BCUT2D eigenvalue weighted by Gasteiger charge is 2.40. The van der Waals surface area contributed by atoms with Gasteiger partial charge in [0.25, 0.3) is 0 Å². The summed E-state index contributed by atoms with van der Waals surface area (Å²) in [5.74, 6) is -0.420. The molecule has 0 saturated carbocycles. The average Bonchev–Trinajstić information content (AvgIpc) is 2.77. The van der Waals surface area contributed by atoms with E-state index in [2.05, 4.69) is 18.4 Å². The van der Waals surface area contributed by atoms with Crippen molar-refractivity contribution in [1.82, 2.24) is 0 Å². The van der Waals surface area contributed by atoms with E-state index in [-0.39, 0.29) is 0 Å². The normalized spacial score (nSPS) is 11.2. The summed E-state index contributed by atoms with van der Waals surface area (Å²) in [5, 5.41) is 0. The third-order valence-corrected chi connectivity index (χ3v) is 4.14. The number of hydrogen-bond donors (Lipinski definition) is 6. The van der Waals surface area contributed by atoms with E-state index in [9.17, 15) is 4.79 Å². The van der Waals surface area contributed by atoms with Gasteiger partial charge in [-0.2, -0.15) is 0 Å². The van der Waals surface area contributed by atoms with Crippen LogP contribution in [-0.4, -0.2) is 35.3 Å². The number of carbonyl (C=O) groups is 1. The van der Waals surface area contributed by atoms with Gasteiger partial charge in [-0.25, -0.2) is 9.36 Å². The smallest absolute Gasteiger partial charge is 0.441 e. The third kappa shape index (κ3) is 11.7. The molecule has 0 spiro atoms. The molecule has 188 valence electrons. The molecule has 0 amide bonds. The Balaban J connectivity index is 0.000000519. The minimum absolute atomic E-state index is 0.368. The van der Waals surface area contributed by atoms with Crippen LogP contribution in [0, 0.1) is 0 Å². The molecule has 12 heteroatoms. The third-order valence-electron chi connectivity index (χ3n) is 4.14. The Morgan fingerprint density at radius 3 is 1.17 bits per heavy atom. The average molecular weight is 540 g/mol. The Morgan fingerprint density at radius 2 is 0.971 bits per heavy atom. The minimum Gasteiger partial charge on any atom is -0.441 e. The van der Waals surface area contributed by atoms with Gasteiger partial charge in [-0.1, -0.05) is 97.6 Å². The van der Waals surface area contributed by atoms with Crippen molar-refractivity contribution in [2.45, 2.75) is 12.5 Å². The van der Waals surface area contributed by atoms with Crippen LogP contribution in [0.25, 0.3) is 0 Å². The highest BCUT2D eigenvalue weighted by Crippen LogP contribution is 2.40. The van der Waals surface area contributed by atoms with Gasteiger partial charge in [0.1, 0.15) is 0 Å². The van der Waals surface area contributed by atoms with E-state index in [1.807, 2.05) is 91.0 Å². The first-order valence-corrected chi connectivity index (χ1v) is 14.0. The fourth-order valence-electron chi connectivity index (χ4n) is 2.92. The van der Waals surface area contributed by atoms with Crippen LogP contribution in [0.15, 0.2) is 103 Å². The fourth-order valence-corrected chi connectivity index (χ4v) is 2.92. The molecule has 9 nitrogen and oxygen atoms in total. The maximum absolute atomic E-state index is 12.6. The number of carbonyl (C=O) groups excluding carboxylic acids is 1. The number of phosphoric acid groups is 1. The van der Waals surface area contributed by atoms with Crippen LogP contribution >= 0.6 is 14.5 Å². The lowest BCUT2D eigenvalue weighted by Gasteiger charge is -2.35. The molecule has 0 aromatic heterocycles. The molecule has 3 aromatic rings. The highest BCUT2D eigenvalue weighted by atomic mass is 32.5. The van der Waals surface area contributed by atoms with Gasteiger partial charge in [-0.05, 0) is 18.7 Å². The van der Waals surface area contributed by atoms with Crippen molar-refractivity contribution in [1.29, 1.82) is 0 Å². The topological polar surface area (TPSA) is 165 Å². The van der Waals surface area contributed by atoms with Gasteiger partial charge in [0, 0.05) is 22.3 Å². The van der Waals surface area contributed by atoms with Gasteiger partial charge in [-0.3, -0.25) is 0 Å². The molecule has 0 fully saturated rings. The second kappa shape index (κ2) is 13.6. The maximum Gasteiger partial charge on any atom is 0.466 e. The Kier molecular flexibility index (Phi) is 11.8. The van der Waals surface area contributed by atoms with E-state index in [0.29, 0.717) is 5.57 Å². The van der Waals surface area contributed by atoms with Gasteiger partial charge < -0.3 is 34.1 Å². The van der Waals surface area contributed by atoms with Crippen LogP contribution in [0.1, 0.15) is 23.6 Å². The van der Waals surface area contributed by atoms with Crippen molar-refractivity contribution in [3.05, 3.63) is 120 Å². The zero-order valence-corrected chi connectivity index (χ0v) is 21.2. The van der Waals surface area contributed by atoms with Crippen molar-refractivity contribution < 1.29 is 43.5 Å². The molecule has 35 heavy (non-hydrogen) atoms. The molecule has 0 aliphatic rings. The van der Waals surface area contributed by atoms with Crippen molar-refractivity contribution in [2.24, 2.45) is 0 Å². The Labute approximate surface area is 208 Å². The van der Waals surface area contributed by atoms with Gasteiger partial charge in [0.15, 0.2) is 5.60 Å². The SMILES string of the molecule is C=C(C)C(=O)OC(c1ccccc1)(c1ccccc1)c1ccccc1.O=P(O)(O)O.OP(O)(O)=S. The first-order chi connectivity index (χ1) is 16.1. The minimum atomic E-state index is -4.64. The maximum atomic E-state index is 12.6. The summed E-state index contributed by atoms with van der Waals surface area (Å²) in [6.07, 6.45) is 0. The molecular formula is C23H26O9P2S. The molecule has 0 radical (unpaired) electrons. The van der Waals surface area contributed by atoms with Crippen molar-refractivity contribution in [3.63, 3.8) is 0 Å². The van der Waals surface area contributed by atoms with Crippen LogP contribution in [0.5, 0.6) is 0 Å². The summed E-state index contributed by atoms with van der Waals surface area (Å²) >= 11 is 3.60. The molecule has 0 heterocycles. The first kappa shape index (κ1) is 30.5. The van der Waals surface area contributed by atoms with E-state index in [1.54, 1.807) is 6.92 Å². The van der Waals surface area contributed by atoms with Gasteiger partial charge in [0.05, 0.1) is 0 Å². The monoisotopic (exact) mass is 540 g/mol. The second-order valence-corrected chi connectivity index (χ2v) is 10.5. The van der Waals surface area contributed by atoms with E-state index in [0.717, 1.165) is 16.7 Å². The van der Waals surface area contributed by atoms with Crippen molar-refractivity contribution >= 4 is 32.3 Å². The first-order valence-electron chi connectivity index (χ1n) is 9.76. The molecule has 3 rings (SSSR count). The van der Waals surface area contributed by atoms with Crippen LogP contribution in [0.3, 0.4) is 0 Å². The summed E-state index contributed by atoms with van der Waals surface area (Å²) in [4.78, 5) is 56.8. The summed E-state index contributed by atoms with van der Waals surface area (Å²) in [6, 6.07) is 29.4. The largest absolute Gasteiger partial charge is 0.466 e. The Morgan fingerprint density at radius 1 is 0.743 bits per heavy atom. The molecule has 0 unspecified atom stereocenters. The van der Waals surface area contributed by atoms with Gasteiger partial charge in [0.2, 0.25) is 0 Å². The highest BCUT2D eigenvalue weighted by molar-refractivity contribution is 8.06. The lowest BCUT2D eigenvalue weighted by atomic mass is 9.80. The quantitative estimate of drug-likeness (QED) is 0.122. The predicted octanol–water partition coefficient (Wildman–Crippen LogP) is 3.36. The molecule has 0 aliphatic carbocycles. The van der Waals surface area contributed by atoms with E-state index < -0.39 is 26.1 Å². The summed E-state index contributed by atoms with van der Waals surface area (Å²) in [6.45, 7) is 1.60. The van der Waals surface area contributed by atoms with Crippen LogP contribution in [0.2, 0.25) is 0 Å². The van der Waals surface area contributed by atoms with Crippen molar-refractivity contribution in [3.8, 4) is 0 Å². The zero-order valence-electron chi connectivity index (χ0n) is 18.6. The molecule has 0 bridgehead atoms. The molecule has 0 atom stereocenters. The number of benzene rings is 3. The lowest BCUT2D eigenvalue weighted by molar-refractivity contribution is -0.148. The van der Waals surface area contributed by atoms with Crippen LogP contribution < -0.4 is 0 Å². The van der Waals surface area contributed by atoms with E-state index in [1.165, 1.54) is 0 Å². The van der Waals surface area contributed by atoms with E-state index >= 15 is 0 Å². The van der Waals surface area contributed by atoms with Crippen LogP contribution in [-0.2, 0) is 31.5 Å². The van der Waals surface area contributed by atoms with Crippen LogP contribution in [0.4, 0.5) is 0 Å². The number of hydrogen-bond acceptors (Lipinski definition) is 4. The number of esters is 1. The standard InChI is InChI=1S/C23H20O2.H3O4P.H3O3PS/c1-18(2)22(24)25-23(19-12-6-3-7-13-19,20-14-8-4-9-15-20)21-16-10-5-11-17-21;1-5(2,3)4;1-4(2,3)5/h3-17H,1H2,2H3;(H3,1,2,3,4);(H3,1,2,3,5). The molecule has 3 aromatic carbocycles. The predicted molar refractivity (Wildman–Crippen MR) is 135 cm³/mol. The summed E-state index contributed by atoms with van der Waals surface area (Å²) in [5.41, 5.74) is 2.01. The van der Waals surface area contributed by atoms with Crippen molar-refractivity contribution in [2.75, 3.05) is 0 Å². The van der Waals surface area contributed by atoms with Gasteiger partial charge >= 0.3 is 20.5 Å². The lowest BCUT2D eigenvalue weighted by Crippen LogP contribution is -2.35. The van der Waals surface area contributed by atoms with E-state index in [4.69, 9.17) is 38.7 Å². The summed E-state index contributed by atoms with van der Waals surface area (Å²) < 4.78 is 15.0. The molecular weight excluding hydrogens is 514 g/mol. The Bertz CT molecular complexity index is 1040. The summed E-state index contributed by atoms with van der Waals surface area (Å²) in [7, 11) is -4.64. The molecule has 0 saturated heterocycles. The fraction of sp³-hybridized carbons (Fsp3) is 0.0870.